The third-order valence-electron chi connectivity index (χ3n) is 3.61. The van der Waals surface area contributed by atoms with E-state index in [1.54, 1.807) is 38.5 Å². The second kappa shape index (κ2) is 9.44. The van der Waals surface area contributed by atoms with Crippen molar-refractivity contribution in [1.82, 2.24) is 10.6 Å². The minimum Gasteiger partial charge on any atom is -0.497 e. The fourth-order valence-corrected chi connectivity index (χ4v) is 2.17. The molecule has 2 aromatic carbocycles. The van der Waals surface area contributed by atoms with Gasteiger partial charge in [-0.15, -0.1) is 0 Å². The number of ether oxygens (including phenoxy) is 2. The van der Waals surface area contributed by atoms with Gasteiger partial charge in [0, 0.05) is 31.3 Å². The molecule has 0 unspecified atom stereocenters. The predicted octanol–water partition coefficient (Wildman–Crippen LogP) is 2.00. The molecule has 0 fully saturated rings. The van der Waals surface area contributed by atoms with Crippen molar-refractivity contribution in [3.63, 3.8) is 0 Å². The molecule has 2 rings (SSSR count). The summed E-state index contributed by atoms with van der Waals surface area (Å²) in [5.74, 6) is 0.388. The standard InChI is InChI=1S/C19H22N2O4/c1-24-12-11-20-18(22)15-5-7-16(8-6-15)19(23)21-13-14-3-9-17(25-2)10-4-14/h3-10H,11-13H2,1-2H3,(H,20,22)(H,21,23). The molecule has 0 saturated carbocycles. The van der Waals surface area contributed by atoms with E-state index in [-0.39, 0.29) is 11.8 Å². The molecule has 6 heteroatoms. The number of hydrogen-bond acceptors (Lipinski definition) is 4. The van der Waals surface area contributed by atoms with Gasteiger partial charge in [-0.05, 0) is 42.0 Å². The Hall–Kier alpha value is -2.86. The highest BCUT2D eigenvalue weighted by Crippen LogP contribution is 2.11. The van der Waals surface area contributed by atoms with Crippen molar-refractivity contribution in [3.05, 3.63) is 65.2 Å². The molecule has 0 heterocycles. The lowest BCUT2D eigenvalue weighted by Gasteiger charge is -2.08. The number of benzene rings is 2. The number of methoxy groups -OCH3 is 2. The summed E-state index contributed by atoms with van der Waals surface area (Å²) >= 11 is 0. The Bertz CT molecular complexity index is 696. The molecule has 0 aromatic heterocycles. The van der Waals surface area contributed by atoms with E-state index in [0.717, 1.165) is 11.3 Å². The zero-order valence-electron chi connectivity index (χ0n) is 14.4. The van der Waals surface area contributed by atoms with Crippen LogP contribution in [-0.4, -0.2) is 39.2 Å². The molecule has 0 saturated heterocycles. The van der Waals surface area contributed by atoms with Gasteiger partial charge in [-0.2, -0.15) is 0 Å². The Kier molecular flexibility index (Phi) is 6.98. The second-order valence-electron chi connectivity index (χ2n) is 5.36. The van der Waals surface area contributed by atoms with Crippen LogP contribution in [0.4, 0.5) is 0 Å². The average Bonchev–Trinajstić information content (AvgIpc) is 2.66. The third kappa shape index (κ3) is 5.61. The summed E-state index contributed by atoms with van der Waals surface area (Å²) in [6, 6.07) is 14.0. The largest absolute Gasteiger partial charge is 0.497 e. The summed E-state index contributed by atoms with van der Waals surface area (Å²) < 4.78 is 9.98. The van der Waals surface area contributed by atoms with E-state index in [1.807, 2.05) is 24.3 Å². The molecular formula is C19H22N2O4. The molecule has 132 valence electrons. The van der Waals surface area contributed by atoms with E-state index < -0.39 is 0 Å². The van der Waals surface area contributed by atoms with Crippen LogP contribution in [0.5, 0.6) is 5.75 Å². The maximum atomic E-state index is 12.2. The lowest BCUT2D eigenvalue weighted by molar-refractivity contribution is 0.0930. The fourth-order valence-electron chi connectivity index (χ4n) is 2.17. The van der Waals surface area contributed by atoms with Gasteiger partial charge in [0.15, 0.2) is 0 Å². The van der Waals surface area contributed by atoms with Gasteiger partial charge >= 0.3 is 0 Å². The zero-order valence-corrected chi connectivity index (χ0v) is 14.4. The van der Waals surface area contributed by atoms with Crippen LogP contribution in [0, 0.1) is 0 Å². The molecule has 2 N–H and O–H groups in total. The monoisotopic (exact) mass is 342 g/mol. The molecule has 0 radical (unpaired) electrons. The number of carbonyl (C=O) groups is 2. The van der Waals surface area contributed by atoms with Crippen LogP contribution in [0.1, 0.15) is 26.3 Å². The SMILES string of the molecule is COCCNC(=O)c1ccc(C(=O)NCc2ccc(OC)cc2)cc1. The van der Waals surface area contributed by atoms with Crippen molar-refractivity contribution in [1.29, 1.82) is 0 Å². The molecule has 0 aliphatic rings. The Morgan fingerprint density at radius 2 is 1.40 bits per heavy atom. The lowest BCUT2D eigenvalue weighted by Crippen LogP contribution is -2.27. The summed E-state index contributed by atoms with van der Waals surface area (Å²) in [6.45, 7) is 1.32. The smallest absolute Gasteiger partial charge is 0.251 e. The zero-order chi connectivity index (χ0) is 18.1. The number of rotatable bonds is 8. The maximum Gasteiger partial charge on any atom is 0.251 e. The Morgan fingerprint density at radius 1 is 0.840 bits per heavy atom. The number of nitrogens with one attached hydrogen (secondary N) is 2. The molecule has 25 heavy (non-hydrogen) atoms. The summed E-state index contributed by atoms with van der Waals surface area (Å²) in [5, 5.41) is 5.58. The highest BCUT2D eigenvalue weighted by molar-refractivity contribution is 5.97. The maximum absolute atomic E-state index is 12.2. The van der Waals surface area contributed by atoms with E-state index in [0.29, 0.717) is 30.8 Å². The van der Waals surface area contributed by atoms with Gasteiger partial charge in [-0.25, -0.2) is 0 Å². The molecule has 0 bridgehead atoms. The van der Waals surface area contributed by atoms with Crippen molar-refractivity contribution in [3.8, 4) is 5.75 Å². The normalized spacial score (nSPS) is 10.2. The van der Waals surface area contributed by atoms with Gasteiger partial charge in [-0.1, -0.05) is 12.1 Å². The number of carbonyl (C=O) groups excluding carboxylic acids is 2. The van der Waals surface area contributed by atoms with Crippen molar-refractivity contribution >= 4 is 11.8 Å². The Morgan fingerprint density at radius 3 is 1.92 bits per heavy atom. The summed E-state index contributed by atoms with van der Waals surface area (Å²) in [4.78, 5) is 24.1. The van der Waals surface area contributed by atoms with Crippen molar-refractivity contribution in [2.24, 2.45) is 0 Å². The first kappa shape index (κ1) is 18.5. The summed E-state index contributed by atoms with van der Waals surface area (Å²) in [5.41, 5.74) is 1.98. The van der Waals surface area contributed by atoms with E-state index >= 15 is 0 Å². The van der Waals surface area contributed by atoms with Gasteiger partial charge in [0.1, 0.15) is 5.75 Å². The van der Waals surface area contributed by atoms with E-state index in [1.165, 1.54) is 0 Å². The summed E-state index contributed by atoms with van der Waals surface area (Å²) in [6.07, 6.45) is 0. The van der Waals surface area contributed by atoms with Gasteiger partial charge < -0.3 is 20.1 Å². The highest BCUT2D eigenvalue weighted by Gasteiger charge is 2.08. The lowest BCUT2D eigenvalue weighted by atomic mass is 10.1. The third-order valence-corrected chi connectivity index (χ3v) is 3.61. The quantitative estimate of drug-likeness (QED) is 0.720. The minimum absolute atomic E-state index is 0.192. The van der Waals surface area contributed by atoms with Crippen molar-refractivity contribution < 1.29 is 19.1 Å². The first-order valence-corrected chi connectivity index (χ1v) is 7.92. The van der Waals surface area contributed by atoms with Crippen molar-refractivity contribution in [2.45, 2.75) is 6.54 Å². The molecule has 0 aliphatic heterocycles. The van der Waals surface area contributed by atoms with Gasteiger partial charge in [0.05, 0.1) is 13.7 Å². The highest BCUT2D eigenvalue weighted by atomic mass is 16.5. The molecule has 0 aliphatic carbocycles. The molecule has 0 spiro atoms. The molecule has 0 atom stereocenters. The van der Waals surface area contributed by atoms with Crippen LogP contribution in [0.25, 0.3) is 0 Å². The van der Waals surface area contributed by atoms with E-state index in [9.17, 15) is 9.59 Å². The molecule has 6 nitrogen and oxygen atoms in total. The topological polar surface area (TPSA) is 76.7 Å². The Labute approximate surface area is 147 Å². The van der Waals surface area contributed by atoms with E-state index in [2.05, 4.69) is 10.6 Å². The van der Waals surface area contributed by atoms with Crippen LogP contribution in [0.3, 0.4) is 0 Å². The summed E-state index contributed by atoms with van der Waals surface area (Å²) in [7, 11) is 3.18. The second-order valence-corrected chi connectivity index (χ2v) is 5.36. The van der Waals surface area contributed by atoms with Crippen LogP contribution in [0.15, 0.2) is 48.5 Å². The minimum atomic E-state index is -0.192. The van der Waals surface area contributed by atoms with Gasteiger partial charge in [0.2, 0.25) is 0 Å². The fraction of sp³-hybridized carbons (Fsp3) is 0.263. The van der Waals surface area contributed by atoms with Crippen LogP contribution < -0.4 is 15.4 Å². The number of hydrogen-bond donors (Lipinski definition) is 2. The van der Waals surface area contributed by atoms with Crippen molar-refractivity contribution in [2.75, 3.05) is 27.4 Å². The van der Waals surface area contributed by atoms with Crippen LogP contribution >= 0.6 is 0 Å². The van der Waals surface area contributed by atoms with Gasteiger partial charge in [0.25, 0.3) is 11.8 Å². The molecular weight excluding hydrogens is 320 g/mol. The predicted molar refractivity (Wildman–Crippen MR) is 94.8 cm³/mol. The van der Waals surface area contributed by atoms with Gasteiger partial charge in [-0.3, -0.25) is 9.59 Å². The number of amides is 2. The first-order valence-electron chi connectivity index (χ1n) is 7.92. The average molecular weight is 342 g/mol. The Balaban J connectivity index is 1.87. The molecule has 2 amide bonds. The van der Waals surface area contributed by atoms with Crippen LogP contribution in [-0.2, 0) is 11.3 Å². The first-order chi connectivity index (χ1) is 12.1. The van der Waals surface area contributed by atoms with Crippen LogP contribution in [0.2, 0.25) is 0 Å². The molecule has 2 aromatic rings. The van der Waals surface area contributed by atoms with E-state index in [4.69, 9.17) is 9.47 Å².